The summed E-state index contributed by atoms with van der Waals surface area (Å²) in [4.78, 5) is 14.4. The van der Waals surface area contributed by atoms with Gasteiger partial charge in [-0.05, 0) is 25.1 Å². The SMILES string of the molecule is CCOC(=O)C/C=C/c1nc(C(F)(F)F)ccc1N. The Kier molecular flexibility index (Phi) is 4.91. The molecule has 0 amide bonds. The first-order valence-electron chi connectivity index (χ1n) is 5.50. The number of nitrogens with zero attached hydrogens (tertiary/aromatic N) is 1. The van der Waals surface area contributed by atoms with Crippen molar-refractivity contribution in [3.05, 3.63) is 29.6 Å². The van der Waals surface area contributed by atoms with Gasteiger partial charge < -0.3 is 10.5 Å². The fourth-order valence-corrected chi connectivity index (χ4v) is 1.26. The fraction of sp³-hybridized carbons (Fsp3) is 0.333. The maximum Gasteiger partial charge on any atom is 0.433 e. The van der Waals surface area contributed by atoms with Gasteiger partial charge >= 0.3 is 12.1 Å². The molecule has 0 spiro atoms. The second kappa shape index (κ2) is 6.21. The summed E-state index contributed by atoms with van der Waals surface area (Å²) in [7, 11) is 0. The molecule has 1 heterocycles. The lowest BCUT2D eigenvalue weighted by molar-refractivity contribution is -0.142. The van der Waals surface area contributed by atoms with E-state index in [-0.39, 0.29) is 24.4 Å². The van der Waals surface area contributed by atoms with E-state index in [1.54, 1.807) is 6.92 Å². The van der Waals surface area contributed by atoms with Crippen LogP contribution in [0.25, 0.3) is 6.08 Å². The molecule has 0 fully saturated rings. The average Bonchev–Trinajstić information content (AvgIpc) is 2.30. The average molecular weight is 274 g/mol. The van der Waals surface area contributed by atoms with Gasteiger partial charge in [0.25, 0.3) is 0 Å². The molecule has 0 atom stereocenters. The van der Waals surface area contributed by atoms with Crippen molar-refractivity contribution in [3.63, 3.8) is 0 Å². The van der Waals surface area contributed by atoms with Crippen molar-refractivity contribution in [1.29, 1.82) is 0 Å². The molecule has 0 aromatic carbocycles. The van der Waals surface area contributed by atoms with Gasteiger partial charge in [-0.1, -0.05) is 6.08 Å². The first-order chi connectivity index (χ1) is 8.84. The number of nitrogen functional groups attached to an aromatic ring is 1. The van der Waals surface area contributed by atoms with E-state index in [2.05, 4.69) is 9.72 Å². The van der Waals surface area contributed by atoms with Gasteiger partial charge in [-0.15, -0.1) is 0 Å². The van der Waals surface area contributed by atoms with E-state index in [4.69, 9.17) is 5.73 Å². The smallest absolute Gasteiger partial charge is 0.433 e. The van der Waals surface area contributed by atoms with Crippen LogP contribution in [-0.4, -0.2) is 17.6 Å². The molecule has 104 valence electrons. The third kappa shape index (κ3) is 4.61. The molecular weight excluding hydrogens is 261 g/mol. The first kappa shape index (κ1) is 15.0. The lowest BCUT2D eigenvalue weighted by atomic mass is 10.2. The van der Waals surface area contributed by atoms with Gasteiger partial charge in [-0.3, -0.25) is 4.79 Å². The van der Waals surface area contributed by atoms with E-state index in [1.165, 1.54) is 12.2 Å². The van der Waals surface area contributed by atoms with E-state index in [0.717, 1.165) is 12.1 Å². The molecule has 1 aromatic heterocycles. The second-order valence-corrected chi connectivity index (χ2v) is 3.58. The molecule has 19 heavy (non-hydrogen) atoms. The number of pyridine rings is 1. The standard InChI is InChI=1S/C12H13F3N2O2/c1-2-19-11(18)5-3-4-9-8(16)6-7-10(17-9)12(13,14)15/h3-4,6-7H,2,5,16H2,1H3/b4-3+. The molecule has 0 saturated heterocycles. The number of hydrogen-bond donors (Lipinski definition) is 1. The predicted octanol–water partition coefficient (Wildman–Crippen LogP) is 2.65. The molecule has 2 N–H and O–H groups in total. The zero-order valence-electron chi connectivity index (χ0n) is 10.2. The van der Waals surface area contributed by atoms with Crippen LogP contribution in [0.3, 0.4) is 0 Å². The number of halogens is 3. The molecule has 1 rings (SSSR count). The van der Waals surface area contributed by atoms with E-state index in [9.17, 15) is 18.0 Å². The molecule has 0 radical (unpaired) electrons. The second-order valence-electron chi connectivity index (χ2n) is 3.58. The van der Waals surface area contributed by atoms with E-state index in [0.29, 0.717) is 0 Å². The summed E-state index contributed by atoms with van der Waals surface area (Å²) in [6.45, 7) is 1.91. The van der Waals surface area contributed by atoms with Crippen molar-refractivity contribution < 1.29 is 22.7 Å². The van der Waals surface area contributed by atoms with Crippen molar-refractivity contribution in [2.75, 3.05) is 12.3 Å². The van der Waals surface area contributed by atoms with Gasteiger partial charge in [0.05, 0.1) is 24.4 Å². The van der Waals surface area contributed by atoms with Crippen LogP contribution in [0.5, 0.6) is 0 Å². The molecule has 0 saturated carbocycles. The molecule has 0 aliphatic heterocycles. The van der Waals surface area contributed by atoms with Gasteiger partial charge in [-0.25, -0.2) is 4.98 Å². The summed E-state index contributed by atoms with van der Waals surface area (Å²) in [6, 6.07) is 1.93. The van der Waals surface area contributed by atoms with Gasteiger partial charge in [0.1, 0.15) is 5.69 Å². The minimum atomic E-state index is -4.53. The van der Waals surface area contributed by atoms with Gasteiger partial charge in [0, 0.05) is 0 Å². The highest BCUT2D eigenvalue weighted by atomic mass is 19.4. The maximum absolute atomic E-state index is 12.4. The summed E-state index contributed by atoms with van der Waals surface area (Å²) < 4.78 is 42.0. The molecule has 0 bridgehead atoms. The Hall–Kier alpha value is -2.05. The largest absolute Gasteiger partial charge is 0.466 e. The molecule has 7 heteroatoms. The first-order valence-corrected chi connectivity index (χ1v) is 5.50. The summed E-state index contributed by atoms with van der Waals surface area (Å²) in [5.74, 6) is -0.468. The van der Waals surface area contributed by atoms with Crippen LogP contribution in [-0.2, 0) is 15.7 Å². The Morgan fingerprint density at radius 1 is 1.47 bits per heavy atom. The summed E-state index contributed by atoms with van der Waals surface area (Å²) in [5, 5.41) is 0. The monoisotopic (exact) mass is 274 g/mol. The third-order valence-electron chi connectivity index (χ3n) is 2.11. The molecule has 0 aliphatic carbocycles. The zero-order chi connectivity index (χ0) is 14.5. The third-order valence-corrected chi connectivity index (χ3v) is 2.11. The molecule has 0 unspecified atom stereocenters. The highest BCUT2D eigenvalue weighted by molar-refractivity contribution is 5.73. The number of carbonyl (C=O) groups is 1. The lowest BCUT2D eigenvalue weighted by Gasteiger charge is -2.07. The van der Waals surface area contributed by atoms with Gasteiger partial charge in [0.15, 0.2) is 0 Å². The Bertz CT molecular complexity index is 484. The topological polar surface area (TPSA) is 65.2 Å². The Morgan fingerprint density at radius 2 is 2.16 bits per heavy atom. The molecule has 4 nitrogen and oxygen atoms in total. The van der Waals surface area contributed by atoms with Crippen molar-refractivity contribution in [3.8, 4) is 0 Å². The lowest BCUT2D eigenvalue weighted by Crippen LogP contribution is -2.09. The van der Waals surface area contributed by atoms with Crippen LogP contribution < -0.4 is 5.73 Å². The number of aromatic nitrogens is 1. The normalized spacial score (nSPS) is 11.8. The number of rotatable bonds is 4. The number of ether oxygens (including phenoxy) is 1. The van der Waals surface area contributed by atoms with Crippen LogP contribution in [0.15, 0.2) is 18.2 Å². The van der Waals surface area contributed by atoms with Crippen LogP contribution in [0.1, 0.15) is 24.7 Å². The number of hydrogen-bond acceptors (Lipinski definition) is 4. The van der Waals surface area contributed by atoms with Crippen LogP contribution in [0.2, 0.25) is 0 Å². The van der Waals surface area contributed by atoms with Gasteiger partial charge in [-0.2, -0.15) is 13.2 Å². The van der Waals surface area contributed by atoms with Gasteiger partial charge in [0.2, 0.25) is 0 Å². The van der Waals surface area contributed by atoms with E-state index in [1.807, 2.05) is 0 Å². The van der Waals surface area contributed by atoms with Crippen LogP contribution in [0.4, 0.5) is 18.9 Å². The maximum atomic E-state index is 12.4. The molecule has 1 aromatic rings. The fourth-order valence-electron chi connectivity index (χ4n) is 1.26. The minimum Gasteiger partial charge on any atom is -0.466 e. The predicted molar refractivity (Wildman–Crippen MR) is 63.9 cm³/mol. The number of alkyl halides is 3. The Balaban J connectivity index is 2.83. The van der Waals surface area contributed by atoms with Crippen molar-refractivity contribution in [2.24, 2.45) is 0 Å². The Morgan fingerprint density at radius 3 is 2.74 bits per heavy atom. The zero-order valence-corrected chi connectivity index (χ0v) is 10.2. The van der Waals surface area contributed by atoms with Crippen molar-refractivity contribution in [1.82, 2.24) is 4.98 Å². The van der Waals surface area contributed by atoms with Crippen LogP contribution >= 0.6 is 0 Å². The number of anilines is 1. The summed E-state index contributed by atoms with van der Waals surface area (Å²) >= 11 is 0. The highest BCUT2D eigenvalue weighted by Gasteiger charge is 2.32. The Labute approximate surface area is 108 Å². The number of nitrogens with two attached hydrogens (primary N) is 1. The van der Waals surface area contributed by atoms with E-state index >= 15 is 0 Å². The number of carbonyl (C=O) groups excluding carboxylic acids is 1. The number of esters is 1. The van der Waals surface area contributed by atoms with Crippen molar-refractivity contribution in [2.45, 2.75) is 19.5 Å². The van der Waals surface area contributed by atoms with E-state index < -0.39 is 17.8 Å². The quantitative estimate of drug-likeness (QED) is 0.857. The molecule has 0 aliphatic rings. The highest BCUT2D eigenvalue weighted by Crippen LogP contribution is 2.29. The molecular formula is C12H13F3N2O2. The summed E-state index contributed by atoms with van der Waals surface area (Å²) in [6.07, 6.45) is -1.96. The summed E-state index contributed by atoms with van der Waals surface area (Å²) in [5.41, 5.74) is 4.56. The van der Waals surface area contributed by atoms with Crippen molar-refractivity contribution >= 4 is 17.7 Å². The minimum absolute atomic E-state index is 0.0286. The van der Waals surface area contributed by atoms with Crippen LogP contribution in [0, 0.1) is 0 Å².